The van der Waals surface area contributed by atoms with Crippen LogP contribution >= 0.6 is 0 Å². The number of rotatable bonds is 7. The van der Waals surface area contributed by atoms with Crippen molar-refractivity contribution < 1.29 is 9.53 Å². The van der Waals surface area contributed by atoms with Crippen molar-refractivity contribution in [2.45, 2.75) is 51.7 Å². The molecule has 1 fully saturated rings. The molecule has 0 spiro atoms. The van der Waals surface area contributed by atoms with Crippen molar-refractivity contribution in [1.82, 2.24) is 5.32 Å². The number of hydrogen-bond donors (Lipinski definition) is 2. The van der Waals surface area contributed by atoms with Gasteiger partial charge in [-0.3, -0.25) is 4.79 Å². The molecule has 1 saturated carbocycles. The molecule has 1 amide bonds. The van der Waals surface area contributed by atoms with Crippen LogP contribution in [-0.4, -0.2) is 31.7 Å². The van der Waals surface area contributed by atoms with Crippen LogP contribution in [0, 0.1) is 11.8 Å². The van der Waals surface area contributed by atoms with Crippen molar-refractivity contribution in [3.05, 3.63) is 0 Å². The van der Waals surface area contributed by atoms with Gasteiger partial charge in [0.05, 0.1) is 6.10 Å². The second-order valence-corrected chi connectivity index (χ2v) is 5.53. The summed E-state index contributed by atoms with van der Waals surface area (Å²) in [7, 11) is 1.72. The van der Waals surface area contributed by atoms with Crippen LogP contribution in [0.15, 0.2) is 0 Å². The lowest BCUT2D eigenvalue weighted by Gasteiger charge is -2.34. The summed E-state index contributed by atoms with van der Waals surface area (Å²) in [4.78, 5) is 11.8. The molecule has 17 heavy (non-hydrogen) atoms. The first-order chi connectivity index (χ1) is 8.05. The van der Waals surface area contributed by atoms with Crippen molar-refractivity contribution >= 4 is 5.91 Å². The molecule has 0 radical (unpaired) electrons. The number of carbonyl (C=O) groups is 1. The van der Waals surface area contributed by atoms with Gasteiger partial charge in [-0.1, -0.05) is 13.8 Å². The molecule has 0 aromatic carbocycles. The third-order valence-corrected chi connectivity index (χ3v) is 3.41. The number of nitrogens with two attached hydrogens (primary N) is 1. The Morgan fingerprint density at radius 3 is 2.59 bits per heavy atom. The second-order valence-electron chi connectivity index (χ2n) is 5.53. The van der Waals surface area contributed by atoms with Gasteiger partial charge in [0.2, 0.25) is 5.91 Å². The molecule has 1 atom stereocenters. The van der Waals surface area contributed by atoms with Crippen molar-refractivity contribution in [3.63, 3.8) is 0 Å². The zero-order chi connectivity index (χ0) is 12.8. The highest BCUT2D eigenvalue weighted by molar-refractivity contribution is 5.76. The zero-order valence-corrected chi connectivity index (χ0v) is 11.2. The standard InChI is InChI=1S/C13H26N2O2/c1-9(2)4-10(8-14)5-13(16)15-11-6-12(7-11)17-3/h9-12H,4-8,14H2,1-3H3,(H,15,16). The van der Waals surface area contributed by atoms with Gasteiger partial charge in [-0.2, -0.15) is 0 Å². The lowest BCUT2D eigenvalue weighted by Crippen LogP contribution is -2.48. The highest BCUT2D eigenvalue weighted by atomic mass is 16.5. The van der Waals surface area contributed by atoms with Gasteiger partial charge >= 0.3 is 0 Å². The van der Waals surface area contributed by atoms with Gasteiger partial charge in [0, 0.05) is 19.6 Å². The van der Waals surface area contributed by atoms with E-state index in [9.17, 15) is 4.79 Å². The van der Waals surface area contributed by atoms with E-state index >= 15 is 0 Å². The Morgan fingerprint density at radius 2 is 2.12 bits per heavy atom. The highest BCUT2D eigenvalue weighted by Gasteiger charge is 2.30. The molecule has 0 saturated heterocycles. The Hall–Kier alpha value is -0.610. The van der Waals surface area contributed by atoms with E-state index in [0.29, 0.717) is 36.9 Å². The summed E-state index contributed by atoms with van der Waals surface area (Å²) >= 11 is 0. The van der Waals surface area contributed by atoms with Crippen LogP contribution < -0.4 is 11.1 Å². The first-order valence-electron chi connectivity index (χ1n) is 6.57. The van der Waals surface area contributed by atoms with Crippen molar-refractivity contribution in [2.75, 3.05) is 13.7 Å². The predicted octanol–water partition coefficient (Wildman–Crippen LogP) is 1.29. The molecular weight excluding hydrogens is 216 g/mol. The maximum Gasteiger partial charge on any atom is 0.220 e. The molecule has 0 bridgehead atoms. The fourth-order valence-corrected chi connectivity index (χ4v) is 2.35. The van der Waals surface area contributed by atoms with Crippen LogP contribution in [0.3, 0.4) is 0 Å². The molecule has 4 nitrogen and oxygen atoms in total. The quantitative estimate of drug-likeness (QED) is 0.707. The van der Waals surface area contributed by atoms with Gasteiger partial charge in [0.25, 0.3) is 0 Å². The number of carbonyl (C=O) groups excluding carboxylic acids is 1. The number of methoxy groups -OCH3 is 1. The number of ether oxygens (including phenoxy) is 1. The summed E-state index contributed by atoms with van der Waals surface area (Å²) in [5.41, 5.74) is 5.69. The minimum absolute atomic E-state index is 0.139. The van der Waals surface area contributed by atoms with E-state index < -0.39 is 0 Å². The van der Waals surface area contributed by atoms with Gasteiger partial charge in [-0.15, -0.1) is 0 Å². The van der Waals surface area contributed by atoms with E-state index in [4.69, 9.17) is 10.5 Å². The molecule has 100 valence electrons. The van der Waals surface area contributed by atoms with Crippen molar-refractivity contribution in [1.29, 1.82) is 0 Å². The minimum Gasteiger partial charge on any atom is -0.381 e. The molecule has 0 aromatic rings. The summed E-state index contributed by atoms with van der Waals surface area (Å²) < 4.78 is 5.18. The maximum absolute atomic E-state index is 11.8. The molecule has 1 aliphatic rings. The monoisotopic (exact) mass is 242 g/mol. The lowest BCUT2D eigenvalue weighted by molar-refractivity contribution is -0.124. The van der Waals surface area contributed by atoms with E-state index in [-0.39, 0.29) is 5.91 Å². The molecule has 3 N–H and O–H groups in total. The molecular formula is C13H26N2O2. The fourth-order valence-electron chi connectivity index (χ4n) is 2.35. The lowest BCUT2D eigenvalue weighted by atomic mass is 9.88. The summed E-state index contributed by atoms with van der Waals surface area (Å²) in [5.74, 6) is 1.05. The summed E-state index contributed by atoms with van der Waals surface area (Å²) in [6, 6.07) is 0.310. The van der Waals surface area contributed by atoms with E-state index in [0.717, 1.165) is 19.3 Å². The number of nitrogens with one attached hydrogen (secondary N) is 1. The SMILES string of the molecule is COC1CC(NC(=O)CC(CN)CC(C)C)C1. The molecule has 1 rings (SSSR count). The first-order valence-corrected chi connectivity index (χ1v) is 6.57. The van der Waals surface area contributed by atoms with Crippen molar-refractivity contribution in [2.24, 2.45) is 17.6 Å². The Balaban J connectivity index is 2.19. The van der Waals surface area contributed by atoms with E-state index in [1.807, 2.05) is 0 Å². The van der Waals surface area contributed by atoms with Crippen LogP contribution in [-0.2, 0) is 9.53 Å². The van der Waals surface area contributed by atoms with Crippen LogP contribution in [0.4, 0.5) is 0 Å². The third kappa shape index (κ3) is 5.04. The average Bonchev–Trinajstić information content (AvgIpc) is 2.21. The molecule has 0 aromatic heterocycles. The third-order valence-electron chi connectivity index (χ3n) is 3.41. The van der Waals surface area contributed by atoms with Crippen LogP contribution in [0.25, 0.3) is 0 Å². The maximum atomic E-state index is 11.8. The second kappa shape index (κ2) is 6.97. The first kappa shape index (κ1) is 14.5. The van der Waals surface area contributed by atoms with E-state index in [1.165, 1.54) is 0 Å². The van der Waals surface area contributed by atoms with Crippen LogP contribution in [0.1, 0.15) is 39.5 Å². The van der Waals surface area contributed by atoms with E-state index in [2.05, 4.69) is 19.2 Å². The molecule has 0 heterocycles. The summed E-state index contributed by atoms with van der Waals surface area (Å²) in [6.45, 7) is 4.92. The molecule has 0 aliphatic heterocycles. The number of amides is 1. The average molecular weight is 242 g/mol. The minimum atomic E-state index is 0.139. The van der Waals surface area contributed by atoms with Gasteiger partial charge in [0.1, 0.15) is 0 Å². The Kier molecular flexibility index (Phi) is 5.92. The van der Waals surface area contributed by atoms with E-state index in [1.54, 1.807) is 7.11 Å². The van der Waals surface area contributed by atoms with Crippen LogP contribution in [0.5, 0.6) is 0 Å². The Labute approximate surface area is 104 Å². The van der Waals surface area contributed by atoms with Gasteiger partial charge in [-0.25, -0.2) is 0 Å². The highest BCUT2D eigenvalue weighted by Crippen LogP contribution is 2.23. The topological polar surface area (TPSA) is 64.3 Å². The van der Waals surface area contributed by atoms with Gasteiger partial charge < -0.3 is 15.8 Å². The molecule has 1 unspecified atom stereocenters. The van der Waals surface area contributed by atoms with Gasteiger partial charge in [0.15, 0.2) is 0 Å². The predicted molar refractivity (Wildman–Crippen MR) is 68.6 cm³/mol. The fraction of sp³-hybridized carbons (Fsp3) is 0.923. The normalized spacial score (nSPS) is 25.5. The molecule has 1 aliphatic carbocycles. The summed E-state index contributed by atoms with van der Waals surface area (Å²) in [5, 5.41) is 3.04. The smallest absolute Gasteiger partial charge is 0.220 e. The summed E-state index contributed by atoms with van der Waals surface area (Å²) in [6.07, 6.45) is 3.80. The number of hydrogen-bond acceptors (Lipinski definition) is 3. The van der Waals surface area contributed by atoms with Crippen LogP contribution in [0.2, 0.25) is 0 Å². The largest absolute Gasteiger partial charge is 0.381 e. The Morgan fingerprint density at radius 1 is 1.47 bits per heavy atom. The Bertz CT molecular complexity index is 238. The molecule has 4 heteroatoms. The zero-order valence-electron chi connectivity index (χ0n) is 11.2. The van der Waals surface area contributed by atoms with Crippen molar-refractivity contribution in [3.8, 4) is 0 Å². The van der Waals surface area contributed by atoms with Gasteiger partial charge in [-0.05, 0) is 37.6 Å².